The third-order valence-corrected chi connectivity index (χ3v) is 9.50. The SMILES string of the molecule is CC(=O)N[C@@H](Cc1ccc(CP(=O)(O)O)cc1)C(=O)NC1(C(=O)N[C@@H](CC(N)=O)C(=O)NCCc2cccc3cc(O)ccc23)CCCCC1. The van der Waals surface area contributed by atoms with Crippen molar-refractivity contribution in [2.75, 3.05) is 6.54 Å². The van der Waals surface area contributed by atoms with Crippen LogP contribution in [0.2, 0.25) is 0 Å². The average Bonchev–Trinajstić information content (AvgIpc) is 3.04. The van der Waals surface area contributed by atoms with Gasteiger partial charge in [0.25, 0.3) is 0 Å². The second-order valence-corrected chi connectivity index (χ2v) is 14.4. The Labute approximate surface area is 289 Å². The van der Waals surface area contributed by atoms with Gasteiger partial charge in [-0.15, -0.1) is 0 Å². The number of nitrogens with two attached hydrogens (primary N) is 1. The van der Waals surface area contributed by atoms with E-state index in [4.69, 9.17) is 5.73 Å². The van der Waals surface area contributed by atoms with E-state index >= 15 is 0 Å². The molecule has 0 spiro atoms. The summed E-state index contributed by atoms with van der Waals surface area (Å²) >= 11 is 0. The van der Waals surface area contributed by atoms with Crippen LogP contribution in [0.15, 0.2) is 60.7 Å². The van der Waals surface area contributed by atoms with Crippen molar-refractivity contribution in [1.82, 2.24) is 21.3 Å². The Balaban J connectivity index is 1.46. The molecular weight excluding hydrogens is 665 g/mol. The minimum absolute atomic E-state index is 0.0316. The third-order valence-electron chi connectivity index (χ3n) is 8.72. The van der Waals surface area contributed by atoms with Crippen LogP contribution in [-0.2, 0) is 47.5 Å². The molecule has 3 aromatic rings. The van der Waals surface area contributed by atoms with Gasteiger partial charge < -0.3 is 41.9 Å². The monoisotopic (exact) mass is 709 g/mol. The number of hydrogen-bond donors (Lipinski definition) is 8. The molecule has 15 heteroatoms. The zero-order valence-electron chi connectivity index (χ0n) is 27.8. The maximum absolute atomic E-state index is 13.9. The summed E-state index contributed by atoms with van der Waals surface area (Å²) < 4.78 is 11.4. The fraction of sp³-hybridized carbons (Fsp3) is 0.400. The quantitative estimate of drug-likeness (QED) is 0.107. The summed E-state index contributed by atoms with van der Waals surface area (Å²) in [6.45, 7) is 1.44. The van der Waals surface area contributed by atoms with Crippen molar-refractivity contribution >= 4 is 47.9 Å². The topological polar surface area (TPSA) is 237 Å². The molecule has 50 heavy (non-hydrogen) atoms. The van der Waals surface area contributed by atoms with Gasteiger partial charge in [-0.3, -0.25) is 28.5 Å². The van der Waals surface area contributed by atoms with Crippen molar-refractivity contribution in [1.29, 1.82) is 0 Å². The molecule has 0 aromatic heterocycles. The molecule has 0 unspecified atom stereocenters. The Morgan fingerprint density at radius 1 is 0.880 bits per heavy atom. The number of rotatable bonds is 15. The fourth-order valence-corrected chi connectivity index (χ4v) is 6.99. The van der Waals surface area contributed by atoms with E-state index in [1.807, 2.05) is 18.2 Å². The van der Waals surface area contributed by atoms with Crippen molar-refractivity contribution in [3.63, 3.8) is 0 Å². The van der Waals surface area contributed by atoms with E-state index < -0.39 is 67.3 Å². The number of amides is 5. The van der Waals surface area contributed by atoms with Crippen molar-refractivity contribution in [2.45, 2.75) is 82.1 Å². The number of hydrogen-bond acceptors (Lipinski definition) is 7. The van der Waals surface area contributed by atoms with Crippen LogP contribution in [0.4, 0.5) is 0 Å². The molecular formula is C35H44N5O9P. The molecule has 0 radical (unpaired) electrons. The van der Waals surface area contributed by atoms with Crippen LogP contribution in [-0.4, -0.2) is 68.6 Å². The molecule has 1 fully saturated rings. The maximum atomic E-state index is 13.9. The minimum atomic E-state index is -4.27. The Kier molecular flexibility index (Phi) is 12.7. The van der Waals surface area contributed by atoms with Crippen molar-refractivity contribution in [3.8, 4) is 5.75 Å². The van der Waals surface area contributed by atoms with E-state index in [9.17, 15) is 43.4 Å². The highest BCUT2D eigenvalue weighted by molar-refractivity contribution is 7.50. The molecule has 0 bridgehead atoms. The Morgan fingerprint density at radius 2 is 1.56 bits per heavy atom. The molecule has 14 nitrogen and oxygen atoms in total. The zero-order valence-corrected chi connectivity index (χ0v) is 28.7. The number of phenols is 1. The van der Waals surface area contributed by atoms with Crippen molar-refractivity contribution in [3.05, 3.63) is 77.4 Å². The number of primary amides is 1. The van der Waals surface area contributed by atoms with Gasteiger partial charge in [0, 0.05) is 19.9 Å². The molecule has 9 N–H and O–H groups in total. The highest BCUT2D eigenvalue weighted by atomic mass is 31.2. The summed E-state index contributed by atoms with van der Waals surface area (Å²) in [5, 5.41) is 22.4. The molecule has 0 aliphatic heterocycles. The first-order valence-electron chi connectivity index (χ1n) is 16.4. The highest BCUT2D eigenvalue weighted by Crippen LogP contribution is 2.39. The Hall–Kier alpha value is -4.78. The van der Waals surface area contributed by atoms with Crippen molar-refractivity contribution < 1.29 is 43.4 Å². The lowest BCUT2D eigenvalue weighted by molar-refractivity contribution is -0.139. The minimum Gasteiger partial charge on any atom is -0.508 e. The highest BCUT2D eigenvalue weighted by Gasteiger charge is 2.43. The van der Waals surface area contributed by atoms with E-state index in [0.717, 1.165) is 22.8 Å². The summed E-state index contributed by atoms with van der Waals surface area (Å²) in [4.78, 5) is 83.6. The number of carbonyl (C=O) groups is 5. The van der Waals surface area contributed by atoms with Crippen LogP contribution in [0.3, 0.4) is 0 Å². The third kappa shape index (κ3) is 10.9. The van der Waals surface area contributed by atoms with E-state index in [2.05, 4.69) is 21.3 Å². The lowest BCUT2D eigenvalue weighted by Gasteiger charge is -2.38. The molecule has 1 aliphatic carbocycles. The predicted molar refractivity (Wildman–Crippen MR) is 186 cm³/mol. The first-order chi connectivity index (χ1) is 23.6. The van der Waals surface area contributed by atoms with Gasteiger partial charge in [-0.1, -0.05) is 67.8 Å². The number of aromatic hydroxyl groups is 1. The second kappa shape index (κ2) is 16.8. The van der Waals surface area contributed by atoms with E-state index in [1.54, 1.807) is 30.3 Å². The zero-order chi connectivity index (χ0) is 36.5. The molecule has 0 heterocycles. The number of carbonyl (C=O) groups excluding carboxylic acids is 5. The van der Waals surface area contributed by atoms with E-state index in [-0.39, 0.29) is 31.6 Å². The average molecular weight is 710 g/mol. The Bertz CT molecular complexity index is 1770. The van der Waals surface area contributed by atoms with Gasteiger partial charge in [0.05, 0.1) is 12.6 Å². The first-order valence-corrected chi connectivity index (χ1v) is 18.2. The van der Waals surface area contributed by atoms with Crippen LogP contribution in [0.1, 0.15) is 62.1 Å². The normalized spacial score (nSPS) is 15.3. The van der Waals surface area contributed by atoms with Gasteiger partial charge >= 0.3 is 7.60 Å². The lowest BCUT2D eigenvalue weighted by Crippen LogP contribution is -2.65. The largest absolute Gasteiger partial charge is 0.508 e. The predicted octanol–water partition coefficient (Wildman–Crippen LogP) is 1.81. The standard InChI is InChI=1S/C35H44N5O9P/c1-22(41)38-29(18-23-8-10-24(11-9-23)21-50(47,48)49)33(45)40-35(15-3-2-4-16-35)34(46)39-30(20-31(36)43)32(44)37-17-14-25-6-5-7-26-19-27(42)12-13-28(25)26/h5-13,19,29-30,42H,2-4,14-18,20-21H2,1H3,(H2,36,43)(H,37,44)(H,38,41)(H,39,46)(H,40,45)(H2,47,48,49)/t29-,30-/m0/s1. The maximum Gasteiger partial charge on any atom is 0.329 e. The molecule has 1 saturated carbocycles. The van der Waals surface area contributed by atoms with Gasteiger partial charge in [0.2, 0.25) is 29.5 Å². The summed E-state index contributed by atoms with van der Waals surface area (Å²) in [6.07, 6.45) is 2.11. The van der Waals surface area contributed by atoms with Crippen molar-refractivity contribution in [2.24, 2.45) is 5.73 Å². The second-order valence-electron chi connectivity index (χ2n) is 12.8. The van der Waals surface area contributed by atoms with Gasteiger partial charge in [0.15, 0.2) is 0 Å². The lowest BCUT2D eigenvalue weighted by atomic mass is 9.80. The number of benzene rings is 3. The molecule has 3 aromatic carbocycles. The van der Waals surface area contributed by atoms with Gasteiger partial charge in [-0.25, -0.2) is 0 Å². The Morgan fingerprint density at radius 3 is 2.20 bits per heavy atom. The molecule has 2 atom stereocenters. The smallest absolute Gasteiger partial charge is 0.329 e. The fourth-order valence-electron chi connectivity index (χ4n) is 6.30. The van der Waals surface area contributed by atoms with Gasteiger partial charge in [0.1, 0.15) is 23.4 Å². The number of fused-ring (bicyclic) bond motifs is 1. The molecule has 5 amide bonds. The molecule has 268 valence electrons. The summed E-state index contributed by atoms with van der Waals surface area (Å²) in [5.74, 6) is -3.05. The van der Waals surface area contributed by atoms with E-state index in [1.165, 1.54) is 19.1 Å². The summed E-state index contributed by atoms with van der Waals surface area (Å²) in [5.41, 5.74) is 5.96. The van der Waals surface area contributed by atoms with Crippen LogP contribution in [0, 0.1) is 0 Å². The summed E-state index contributed by atoms with van der Waals surface area (Å²) in [7, 11) is -4.27. The van der Waals surface area contributed by atoms with Crippen LogP contribution < -0.4 is 27.0 Å². The van der Waals surface area contributed by atoms with Gasteiger partial charge in [-0.2, -0.15) is 0 Å². The van der Waals surface area contributed by atoms with Crippen LogP contribution in [0.5, 0.6) is 5.75 Å². The number of phenolic OH excluding ortho intramolecular Hbond substituents is 1. The first kappa shape index (κ1) is 38.0. The molecule has 0 saturated heterocycles. The van der Waals surface area contributed by atoms with E-state index in [0.29, 0.717) is 30.4 Å². The van der Waals surface area contributed by atoms with Crippen LogP contribution >= 0.6 is 7.60 Å². The van der Waals surface area contributed by atoms with Crippen LogP contribution in [0.25, 0.3) is 10.8 Å². The number of nitrogens with one attached hydrogen (secondary N) is 4. The van der Waals surface area contributed by atoms with Gasteiger partial charge in [-0.05, 0) is 58.9 Å². The molecule has 4 rings (SSSR count). The summed E-state index contributed by atoms with van der Waals surface area (Å²) in [6, 6.07) is 14.5. The molecule has 1 aliphatic rings.